The maximum Gasteiger partial charge on any atom is 0.0920 e. The predicted molar refractivity (Wildman–Crippen MR) is 50.3 cm³/mol. The zero-order chi connectivity index (χ0) is 8.77. The van der Waals surface area contributed by atoms with E-state index in [0.717, 1.165) is 17.9 Å². The van der Waals surface area contributed by atoms with Crippen LogP contribution in [0.3, 0.4) is 0 Å². The van der Waals surface area contributed by atoms with Gasteiger partial charge in [-0.3, -0.25) is 0 Å². The van der Waals surface area contributed by atoms with Crippen molar-refractivity contribution >= 4 is 10.2 Å². The summed E-state index contributed by atoms with van der Waals surface area (Å²) in [6, 6.07) is 1.13. The molecule has 0 aromatic carbocycles. The molecule has 2 rings (SSSR count). The maximum absolute atomic E-state index is 5.67. The molecule has 67 valence electrons. The summed E-state index contributed by atoms with van der Waals surface area (Å²) in [5.74, 6) is 1.71. The lowest BCUT2D eigenvalue weighted by Crippen LogP contribution is -2.25. The molecule has 3 radical (unpaired) electrons. The minimum atomic E-state index is 0.294. The molecule has 0 bridgehead atoms. The second-order valence-electron chi connectivity index (χ2n) is 4.64. The molecular weight excluding hydrogens is 164 g/mol. The first kappa shape index (κ1) is 8.76. The summed E-state index contributed by atoms with van der Waals surface area (Å²) in [6.07, 6.45) is 4.52. The number of fused-ring (bicyclic) bond motifs is 1. The molecule has 0 aromatic heterocycles. The van der Waals surface area contributed by atoms with Gasteiger partial charge in [-0.15, -0.1) is 0 Å². The Morgan fingerprint density at radius 2 is 2.42 bits per heavy atom. The number of epoxide rings is 1. The van der Waals surface area contributed by atoms with Crippen LogP contribution in [0.15, 0.2) is 0 Å². The van der Waals surface area contributed by atoms with Gasteiger partial charge < -0.3 is 4.74 Å². The van der Waals surface area contributed by atoms with E-state index in [1.165, 1.54) is 19.3 Å². The molecule has 1 aliphatic heterocycles. The fourth-order valence-corrected chi connectivity index (χ4v) is 2.69. The Kier molecular flexibility index (Phi) is 2.08. The van der Waals surface area contributed by atoms with Gasteiger partial charge in [-0.05, 0) is 38.0 Å². The highest BCUT2D eigenvalue weighted by Crippen LogP contribution is 2.50. The van der Waals surface area contributed by atoms with Gasteiger partial charge in [0.05, 0.1) is 11.7 Å². The summed E-state index contributed by atoms with van der Waals surface area (Å²) < 4.78 is 5.67. The highest BCUT2D eigenvalue weighted by atomic mass is 28.1. The number of hydrogen-bond acceptors (Lipinski definition) is 1. The molecule has 0 N–H and O–H groups in total. The second kappa shape index (κ2) is 2.84. The fraction of sp³-hybridized carbons (Fsp3) is 1.00. The minimum absolute atomic E-state index is 0.294. The molecule has 4 atom stereocenters. The van der Waals surface area contributed by atoms with Gasteiger partial charge in [0.15, 0.2) is 0 Å². The Bertz CT molecular complexity index is 183. The number of ether oxygens (including phenoxy) is 1. The third-order valence-corrected chi connectivity index (χ3v) is 4.33. The average Bonchev–Trinajstić information content (AvgIpc) is 2.73. The van der Waals surface area contributed by atoms with Gasteiger partial charge in [0.1, 0.15) is 0 Å². The fourth-order valence-electron chi connectivity index (χ4n) is 2.36. The lowest BCUT2D eigenvalue weighted by molar-refractivity contribution is 0.276. The molecule has 2 heteroatoms. The van der Waals surface area contributed by atoms with Crippen LogP contribution < -0.4 is 0 Å². The lowest BCUT2D eigenvalue weighted by Gasteiger charge is -2.26. The number of hydrogen-bond donors (Lipinski definition) is 0. The van der Waals surface area contributed by atoms with Gasteiger partial charge >= 0.3 is 0 Å². The van der Waals surface area contributed by atoms with Crippen LogP contribution in [-0.4, -0.2) is 21.9 Å². The monoisotopic (exact) mass is 181 g/mol. The standard InChI is InChI=1S/C10H17OSi/c1-7(6-12)8-3-4-10(2)9(5-8)11-10/h7-9H,3-6H2,1-2H3. The molecule has 0 amide bonds. The van der Waals surface area contributed by atoms with Crippen LogP contribution in [0.5, 0.6) is 0 Å². The molecule has 1 saturated heterocycles. The van der Waals surface area contributed by atoms with Crippen LogP contribution in [-0.2, 0) is 4.74 Å². The van der Waals surface area contributed by atoms with E-state index in [9.17, 15) is 0 Å². The van der Waals surface area contributed by atoms with Crippen molar-refractivity contribution in [3.8, 4) is 0 Å². The van der Waals surface area contributed by atoms with Crippen LogP contribution in [0.25, 0.3) is 0 Å². The van der Waals surface area contributed by atoms with E-state index < -0.39 is 0 Å². The highest BCUT2D eigenvalue weighted by Gasteiger charge is 2.55. The van der Waals surface area contributed by atoms with Crippen molar-refractivity contribution in [1.82, 2.24) is 0 Å². The van der Waals surface area contributed by atoms with E-state index >= 15 is 0 Å². The average molecular weight is 181 g/mol. The normalized spacial score (nSPS) is 48.2. The Hall–Kier alpha value is 0.177. The zero-order valence-corrected chi connectivity index (χ0v) is 8.97. The first-order valence-electron chi connectivity index (χ1n) is 4.98. The van der Waals surface area contributed by atoms with Crippen molar-refractivity contribution in [1.29, 1.82) is 0 Å². The van der Waals surface area contributed by atoms with Crippen LogP contribution in [0.4, 0.5) is 0 Å². The smallest absolute Gasteiger partial charge is 0.0920 e. The van der Waals surface area contributed by atoms with Crippen molar-refractivity contribution in [2.75, 3.05) is 0 Å². The van der Waals surface area contributed by atoms with Crippen LogP contribution >= 0.6 is 0 Å². The van der Waals surface area contributed by atoms with Gasteiger partial charge in [-0.2, -0.15) is 0 Å². The largest absolute Gasteiger partial charge is 0.366 e. The molecule has 0 spiro atoms. The van der Waals surface area contributed by atoms with Gasteiger partial charge in [0, 0.05) is 10.2 Å². The Labute approximate surface area is 78.3 Å². The van der Waals surface area contributed by atoms with Crippen molar-refractivity contribution in [3.05, 3.63) is 0 Å². The van der Waals surface area contributed by atoms with Gasteiger partial charge in [-0.1, -0.05) is 13.0 Å². The topological polar surface area (TPSA) is 12.5 Å². The molecule has 4 unspecified atom stereocenters. The second-order valence-corrected chi connectivity index (χ2v) is 5.04. The summed E-state index contributed by atoms with van der Waals surface area (Å²) in [4.78, 5) is 0. The highest BCUT2D eigenvalue weighted by molar-refractivity contribution is 6.08. The molecule has 1 nitrogen and oxygen atoms in total. The quantitative estimate of drug-likeness (QED) is 0.470. The van der Waals surface area contributed by atoms with Crippen LogP contribution in [0.1, 0.15) is 33.1 Å². The summed E-state index contributed by atoms with van der Waals surface area (Å²) >= 11 is 0. The van der Waals surface area contributed by atoms with Gasteiger partial charge in [-0.25, -0.2) is 0 Å². The summed E-state index contributed by atoms with van der Waals surface area (Å²) in [7, 11) is 3.60. The summed E-state index contributed by atoms with van der Waals surface area (Å²) in [5.41, 5.74) is 0.294. The SMILES string of the molecule is CC(C[Si])C1CCC2(C)OC2C1. The van der Waals surface area contributed by atoms with Gasteiger partial charge in [0.25, 0.3) is 0 Å². The van der Waals surface area contributed by atoms with Gasteiger partial charge in [0.2, 0.25) is 0 Å². The minimum Gasteiger partial charge on any atom is -0.366 e. The third-order valence-electron chi connectivity index (χ3n) is 3.69. The molecule has 1 heterocycles. The van der Waals surface area contributed by atoms with Crippen LogP contribution in [0, 0.1) is 11.8 Å². The van der Waals surface area contributed by atoms with E-state index in [1.807, 2.05) is 0 Å². The molecule has 0 aromatic rings. The van der Waals surface area contributed by atoms with Crippen LogP contribution in [0.2, 0.25) is 6.04 Å². The molecule has 1 saturated carbocycles. The number of rotatable bonds is 2. The van der Waals surface area contributed by atoms with E-state index in [1.54, 1.807) is 0 Å². The summed E-state index contributed by atoms with van der Waals surface area (Å²) in [5, 5.41) is 0. The maximum atomic E-state index is 5.67. The lowest BCUT2D eigenvalue weighted by atomic mass is 9.77. The molecule has 2 fully saturated rings. The Balaban J connectivity index is 1.89. The predicted octanol–water partition coefficient (Wildman–Crippen LogP) is 2.17. The Morgan fingerprint density at radius 1 is 1.67 bits per heavy atom. The molecule has 2 aliphatic rings. The first-order valence-corrected chi connectivity index (χ1v) is 5.69. The Morgan fingerprint density at radius 3 is 3.00 bits per heavy atom. The molecule has 12 heavy (non-hydrogen) atoms. The summed E-state index contributed by atoms with van der Waals surface area (Å²) in [6.45, 7) is 4.59. The van der Waals surface area contributed by atoms with E-state index in [2.05, 4.69) is 24.1 Å². The van der Waals surface area contributed by atoms with Crippen molar-refractivity contribution in [2.45, 2.75) is 50.9 Å². The first-order chi connectivity index (χ1) is 5.65. The van der Waals surface area contributed by atoms with E-state index in [0.29, 0.717) is 11.7 Å². The van der Waals surface area contributed by atoms with Crippen molar-refractivity contribution in [3.63, 3.8) is 0 Å². The third kappa shape index (κ3) is 1.35. The van der Waals surface area contributed by atoms with E-state index in [-0.39, 0.29) is 0 Å². The van der Waals surface area contributed by atoms with Crippen molar-refractivity contribution < 1.29 is 4.74 Å². The van der Waals surface area contributed by atoms with Crippen molar-refractivity contribution in [2.24, 2.45) is 11.8 Å². The molecular formula is C10H17OSi. The van der Waals surface area contributed by atoms with E-state index in [4.69, 9.17) is 4.74 Å². The molecule has 1 aliphatic carbocycles. The zero-order valence-electron chi connectivity index (χ0n) is 7.97.